The summed E-state index contributed by atoms with van der Waals surface area (Å²) in [4.78, 5) is -8.32. The molecule has 10 nitrogen and oxygen atoms in total. The summed E-state index contributed by atoms with van der Waals surface area (Å²) in [7, 11) is -24.7. The number of rotatable bonds is 10. The van der Waals surface area contributed by atoms with Gasteiger partial charge in [0.15, 0.2) is 0 Å². The Kier molecular flexibility index (Phi) is 10.1. The summed E-state index contributed by atoms with van der Waals surface area (Å²) in [5.41, 5.74) is 0. The molecule has 0 aliphatic rings. The van der Waals surface area contributed by atoms with E-state index in [1.54, 1.807) is 0 Å². The predicted molar refractivity (Wildman–Crippen MR) is 186 cm³/mol. The summed E-state index contributed by atoms with van der Waals surface area (Å²) < 4.78 is 194. The van der Waals surface area contributed by atoms with Crippen LogP contribution in [0.15, 0.2) is 182 Å². The zero-order valence-electron chi connectivity index (χ0n) is 27.3. The summed E-state index contributed by atoms with van der Waals surface area (Å²) >= 11 is 0. The molecule has 0 N–H and O–H groups in total. The van der Waals surface area contributed by atoms with Crippen LogP contribution in [0.3, 0.4) is 0 Å². The van der Waals surface area contributed by atoms with Crippen molar-refractivity contribution in [2.75, 3.05) is 0 Å². The molecule has 0 aromatic heterocycles. The first-order chi connectivity index (χ1) is 25.6. The quantitative estimate of drug-likeness (QED) is 0.111. The molecule has 0 bridgehead atoms. The van der Waals surface area contributed by atoms with Crippen molar-refractivity contribution in [1.29, 1.82) is 0 Å². The Morgan fingerprint density at radius 3 is 0.491 bits per heavy atom. The third-order valence-electron chi connectivity index (χ3n) is 8.06. The highest BCUT2D eigenvalue weighted by Crippen LogP contribution is 2.36. The van der Waals surface area contributed by atoms with Crippen LogP contribution in [0.1, 0.15) is 0 Å². The van der Waals surface area contributed by atoms with E-state index in [9.17, 15) is 59.7 Å². The number of sulfone groups is 5. The Hall–Kier alpha value is -5.21. The van der Waals surface area contributed by atoms with Crippen molar-refractivity contribution in [1.82, 2.24) is 0 Å². The van der Waals surface area contributed by atoms with Gasteiger partial charge in [0.2, 0.25) is 49.2 Å². The van der Waals surface area contributed by atoms with E-state index in [0.29, 0.717) is 36.4 Å². The molecule has 19 heteroatoms. The molecule has 0 aliphatic heterocycles. The number of benzene rings is 6. The molecule has 0 fully saturated rings. The van der Waals surface area contributed by atoms with E-state index in [1.165, 1.54) is 0 Å². The summed E-state index contributed by atoms with van der Waals surface area (Å²) in [5.74, 6) is -3.35. The molecule has 6 aromatic carbocycles. The van der Waals surface area contributed by atoms with E-state index >= 15 is 0 Å². The third kappa shape index (κ3) is 7.57. The lowest BCUT2D eigenvalue weighted by molar-refractivity contribution is 0.589. The van der Waals surface area contributed by atoms with Crippen molar-refractivity contribution in [3.05, 3.63) is 157 Å². The lowest BCUT2D eigenvalue weighted by Gasteiger charge is -2.15. The molecule has 0 atom stereocenters. The van der Waals surface area contributed by atoms with Gasteiger partial charge in [0.05, 0.1) is 49.0 Å². The molecule has 0 unspecified atom stereocenters. The van der Waals surface area contributed by atoms with Crippen molar-refractivity contribution in [3.63, 3.8) is 0 Å². The van der Waals surface area contributed by atoms with Crippen molar-refractivity contribution >= 4 is 49.2 Å². The van der Waals surface area contributed by atoms with Crippen LogP contribution in [0.25, 0.3) is 0 Å². The van der Waals surface area contributed by atoms with Gasteiger partial charge in [0, 0.05) is 0 Å². The average molecular weight is 851 g/mol. The second kappa shape index (κ2) is 14.1. The molecule has 0 heterocycles. The van der Waals surface area contributed by atoms with Crippen LogP contribution in [-0.4, -0.2) is 42.1 Å². The van der Waals surface area contributed by atoms with Gasteiger partial charge in [-0.25, -0.2) is 59.7 Å². The summed E-state index contributed by atoms with van der Waals surface area (Å²) in [6.07, 6.45) is 0. The molecule has 284 valence electrons. The number of hydrogen-bond acceptors (Lipinski definition) is 10. The summed E-state index contributed by atoms with van der Waals surface area (Å²) in [5, 5.41) is 0. The van der Waals surface area contributed by atoms with Gasteiger partial charge in [-0.05, 0) is 133 Å². The Morgan fingerprint density at radius 2 is 0.345 bits per heavy atom. The second-order valence-corrected chi connectivity index (χ2v) is 21.4. The zero-order valence-corrected chi connectivity index (χ0v) is 31.4. The molecule has 0 spiro atoms. The predicted octanol–water partition coefficient (Wildman–Crippen LogP) is 6.41. The molecule has 0 saturated heterocycles. The van der Waals surface area contributed by atoms with E-state index in [4.69, 9.17) is 0 Å². The van der Waals surface area contributed by atoms with Gasteiger partial charge < -0.3 is 0 Å². The van der Waals surface area contributed by atoms with Gasteiger partial charge in [-0.3, -0.25) is 0 Å². The summed E-state index contributed by atoms with van der Waals surface area (Å²) in [6, 6.07) is 16.2. The SMILES string of the molecule is O=S(=O)(c1ccc(F)cc1)c1cc(S(=O)(=O)c2ccc(F)cc2)cc(S(=O)(=O)c2cc(S(=O)(=O)c3ccc(F)cc3)cc(S(=O)(=O)c3ccc(F)cc3)c2)c1. The smallest absolute Gasteiger partial charge is 0.206 e. The number of halogens is 4. The molecule has 0 radical (unpaired) electrons. The maximum atomic E-state index is 14.5. The third-order valence-corrected chi connectivity index (χ3v) is 16.8. The minimum atomic E-state index is -5.32. The van der Waals surface area contributed by atoms with Gasteiger partial charge in [-0.1, -0.05) is 0 Å². The molecule has 0 amide bonds. The van der Waals surface area contributed by atoms with Crippen LogP contribution in [-0.2, 0) is 49.2 Å². The minimum Gasteiger partial charge on any atom is -0.219 e. The Bertz CT molecular complexity index is 2660. The van der Waals surface area contributed by atoms with Gasteiger partial charge >= 0.3 is 0 Å². The van der Waals surface area contributed by atoms with Crippen LogP contribution in [0, 0.1) is 23.3 Å². The first-order valence-electron chi connectivity index (χ1n) is 15.2. The highest BCUT2D eigenvalue weighted by atomic mass is 32.2. The van der Waals surface area contributed by atoms with Crippen LogP contribution in [0.2, 0.25) is 0 Å². The van der Waals surface area contributed by atoms with E-state index in [2.05, 4.69) is 0 Å². The van der Waals surface area contributed by atoms with Crippen LogP contribution >= 0.6 is 0 Å². The fraction of sp³-hybridized carbons (Fsp3) is 0. The van der Waals surface area contributed by atoms with Gasteiger partial charge in [-0.15, -0.1) is 0 Å². The Labute approximate surface area is 313 Å². The van der Waals surface area contributed by atoms with E-state index in [0.717, 1.165) is 97.1 Å². The van der Waals surface area contributed by atoms with Crippen LogP contribution < -0.4 is 0 Å². The average Bonchev–Trinajstić information content (AvgIpc) is 3.15. The fourth-order valence-electron chi connectivity index (χ4n) is 5.16. The molecule has 0 saturated carbocycles. The maximum absolute atomic E-state index is 14.5. The van der Waals surface area contributed by atoms with Gasteiger partial charge in [-0.2, -0.15) is 0 Å². The Morgan fingerprint density at radius 1 is 0.218 bits per heavy atom. The minimum absolute atomic E-state index is 0.535. The lowest BCUT2D eigenvalue weighted by Crippen LogP contribution is -2.12. The van der Waals surface area contributed by atoms with Gasteiger partial charge in [0.1, 0.15) is 23.3 Å². The highest BCUT2D eigenvalue weighted by molar-refractivity contribution is 7.94. The van der Waals surface area contributed by atoms with Crippen molar-refractivity contribution in [3.8, 4) is 0 Å². The normalized spacial score (nSPS) is 12.7. The molecule has 6 aromatic rings. The standard InChI is InChI=1S/C36H22F4O10S5/c37-23-1-9-27(10-2-23)51(41,42)31-17-32(52(43,44)28-11-3-24(38)4-12-28)20-35(19-31)55(49,50)36-21-33(53(45,46)29-13-5-25(39)6-14-29)18-34(22-36)54(47,48)30-15-7-26(40)8-16-30/h1-22H. The van der Waals surface area contributed by atoms with Gasteiger partial charge in [0.25, 0.3) is 0 Å². The fourth-order valence-corrected chi connectivity index (χ4v) is 12.3. The monoisotopic (exact) mass is 850 g/mol. The van der Waals surface area contributed by atoms with Crippen LogP contribution in [0.4, 0.5) is 17.6 Å². The lowest BCUT2D eigenvalue weighted by atomic mass is 10.3. The topological polar surface area (TPSA) is 171 Å². The number of hydrogen-bond donors (Lipinski definition) is 0. The second-order valence-electron chi connectivity index (χ2n) is 11.6. The van der Waals surface area contributed by atoms with Crippen LogP contribution in [0.5, 0.6) is 0 Å². The van der Waals surface area contributed by atoms with E-state index in [-0.39, 0.29) is 0 Å². The first kappa shape index (κ1) is 39.5. The molecule has 6 rings (SSSR count). The van der Waals surface area contributed by atoms with Crippen molar-refractivity contribution in [2.45, 2.75) is 49.0 Å². The Balaban J connectivity index is 1.64. The maximum Gasteiger partial charge on any atom is 0.206 e. The van der Waals surface area contributed by atoms with Crippen molar-refractivity contribution in [2.24, 2.45) is 0 Å². The largest absolute Gasteiger partial charge is 0.219 e. The summed E-state index contributed by atoms with van der Waals surface area (Å²) in [6.45, 7) is 0. The van der Waals surface area contributed by atoms with E-state index in [1.807, 2.05) is 0 Å². The van der Waals surface area contributed by atoms with Crippen molar-refractivity contribution < 1.29 is 59.7 Å². The molecule has 0 aliphatic carbocycles. The first-order valence-corrected chi connectivity index (χ1v) is 22.6. The zero-order chi connectivity index (χ0) is 40.1. The van der Waals surface area contributed by atoms with E-state index < -0.39 is 121 Å². The molecule has 55 heavy (non-hydrogen) atoms. The molecular formula is C36H22F4O10S5. The highest BCUT2D eigenvalue weighted by Gasteiger charge is 2.32. The molecular weight excluding hydrogens is 829 g/mol.